The Morgan fingerprint density at radius 3 is 1.24 bits per heavy atom. The highest BCUT2D eigenvalue weighted by molar-refractivity contribution is 6.05. The molecule has 4 amide bonds. The molecule has 4 N–H and O–H groups in total. The quantitative estimate of drug-likeness (QED) is 0.0305. The first-order valence-electron chi connectivity index (χ1n) is 49.2. The number of ether oxygens (including phenoxy) is 4. The summed E-state index contributed by atoms with van der Waals surface area (Å²) in [5.41, 5.74) is 26.4. The number of aliphatic carboxylic acids is 1. The molecular weight excluding hydrogens is 1670 g/mol. The van der Waals surface area contributed by atoms with Gasteiger partial charge in [-0.2, -0.15) is 0 Å². The average Bonchev–Trinajstić information content (AvgIpc) is 1.70. The highest BCUT2D eigenvalue weighted by Gasteiger charge is 2.47. The number of imidazole rings is 2. The van der Waals surface area contributed by atoms with Gasteiger partial charge in [0.1, 0.15) is 17.7 Å². The number of carbonyl (C=O) groups excluding carboxylic acids is 7. The molecule has 4 aromatic carbocycles. The topological polar surface area (TPSA) is 323 Å². The minimum absolute atomic E-state index is 0.0126. The van der Waals surface area contributed by atoms with Crippen LogP contribution in [-0.4, -0.2) is 175 Å². The van der Waals surface area contributed by atoms with Gasteiger partial charge in [0.15, 0.2) is 0 Å². The summed E-state index contributed by atoms with van der Waals surface area (Å²) in [4.78, 5) is 142. The van der Waals surface area contributed by atoms with Crippen molar-refractivity contribution in [1.82, 2.24) is 49.9 Å². The van der Waals surface area contributed by atoms with E-state index in [0.717, 1.165) is 136 Å². The predicted octanol–water partition coefficient (Wildman–Crippen LogP) is 20.5. The van der Waals surface area contributed by atoms with Crippen LogP contribution in [0.5, 0.6) is 0 Å². The number of fused-ring (bicyclic) bond motifs is 6. The first kappa shape index (κ1) is 94.7. The number of carboxylic acid groups (broad SMARTS) is 1. The van der Waals surface area contributed by atoms with Gasteiger partial charge >= 0.3 is 30.0 Å². The second-order valence-electron chi connectivity index (χ2n) is 40.3. The second-order valence-corrected chi connectivity index (χ2v) is 40.3. The molecule has 704 valence electrons. The van der Waals surface area contributed by atoms with E-state index in [-0.39, 0.29) is 102 Å². The molecule has 0 bridgehead atoms. The van der Waals surface area contributed by atoms with Crippen LogP contribution in [0.25, 0.3) is 78.0 Å². The molecule has 4 aromatic heterocycles. The fourth-order valence-electron chi connectivity index (χ4n) is 23.6. The van der Waals surface area contributed by atoms with Crippen LogP contribution in [0.4, 0.5) is 4.79 Å². The van der Waals surface area contributed by atoms with Gasteiger partial charge in [-0.1, -0.05) is 142 Å². The molecule has 5 aliphatic heterocycles. The first-order chi connectivity index (χ1) is 64.2. The molecule has 9 heterocycles. The Balaban J connectivity index is 0.000000174. The lowest BCUT2D eigenvalue weighted by Crippen LogP contribution is -2.51. The Morgan fingerprint density at radius 2 is 0.835 bits per heavy atom. The second kappa shape index (κ2) is 41.1. The van der Waals surface area contributed by atoms with E-state index >= 15 is 0 Å². The molecule has 25 heteroatoms. The molecule has 6 fully saturated rings. The zero-order valence-electron chi connectivity index (χ0n) is 79.8. The summed E-state index contributed by atoms with van der Waals surface area (Å²) in [5.74, 6) is -1.23. The van der Waals surface area contributed by atoms with E-state index < -0.39 is 41.8 Å². The van der Waals surface area contributed by atoms with Crippen LogP contribution in [0.1, 0.15) is 286 Å². The summed E-state index contributed by atoms with van der Waals surface area (Å²) in [6.07, 6.45) is 36.1. The zero-order valence-corrected chi connectivity index (χ0v) is 79.8. The van der Waals surface area contributed by atoms with Crippen molar-refractivity contribution in [3.05, 3.63) is 155 Å². The molecule has 18 rings (SSSR count). The third-order valence-electron chi connectivity index (χ3n) is 31.0. The summed E-state index contributed by atoms with van der Waals surface area (Å²) >= 11 is 0. The molecule has 10 aliphatic rings. The van der Waals surface area contributed by atoms with E-state index in [1.165, 1.54) is 175 Å². The number of rotatable bonds is 25. The van der Waals surface area contributed by atoms with E-state index in [1.54, 1.807) is 19.4 Å². The SMILES string of the molecule is COC(=O)C[C@H](C(=O)N1CCC[C@H]1C1=NC=C(c2ccc(-c3ccc(-c4ccc5nc(C6CCCC6)[nH]c5c4)c4c3CCCC43CCCC3)nc2)C1)C(C)C.COC(=O)C[C@H](C(=O)N1CCC[C@H]1C1=NC=C(c2ccc(-c3ccc(-c4ccc5nc([C@@H]6CCCN6C(=O)[C@@H](NC(=O)OC)C(C)C)[nH]c5c4)c4c3CCCC43CCCC3)nc2)C1)C(C)C.COC(=O)C[C@H](C(=O)O)C(C)C. The number of nitrogens with one attached hydrogen (secondary N) is 3. The molecule has 7 atom stereocenters. The summed E-state index contributed by atoms with van der Waals surface area (Å²) in [7, 11) is 5.32. The Kier molecular flexibility index (Phi) is 29.3. The number of carbonyl (C=O) groups is 8. The number of nitrogens with zero attached hydrogens (tertiary/aromatic N) is 9. The highest BCUT2D eigenvalue weighted by atomic mass is 16.5. The minimum atomic E-state index is -0.949. The van der Waals surface area contributed by atoms with Crippen molar-refractivity contribution in [2.45, 2.75) is 283 Å². The van der Waals surface area contributed by atoms with E-state index in [9.17, 15) is 38.4 Å². The number of alkyl carbamates (subject to hydrolysis) is 1. The number of esters is 3. The summed E-state index contributed by atoms with van der Waals surface area (Å²) in [6, 6.07) is 30.5. The fraction of sp³-hybridized carbons (Fsp3) is 0.537. The molecular formula is C108H134N12O13. The van der Waals surface area contributed by atoms with Crippen LogP contribution < -0.4 is 5.32 Å². The maximum Gasteiger partial charge on any atom is 0.407 e. The molecule has 8 aromatic rings. The van der Waals surface area contributed by atoms with Crippen molar-refractivity contribution in [2.75, 3.05) is 48.1 Å². The molecule has 5 aliphatic carbocycles. The van der Waals surface area contributed by atoms with Crippen molar-refractivity contribution in [1.29, 1.82) is 0 Å². The standard InChI is InChI=1S/C53H65N7O6.C47H55N5O3.C8H14O4/c1-31(2)39(28-46(61)65-5)50(62)59-24-10-13-44(59)43-27-35(30-55-43)34-16-19-40(54-29-34)37-18-17-36(47-38(37)12-9-23-53(47)21-7-8-22-53)33-15-20-41-42(26-33)57-49(56-41)45-14-11-25-60(45)51(63)48(32(3)4)58-52(64)66-6;1-29(2)37(26-43(53)55-3)46(54)52-23-9-13-42(52)41-25-33(28-49-41)32-15-18-38(48-27-32)35-17-16-34(44-36(35)12-8-22-47(44)20-6-7-21-47)31-14-19-39-40(24-31)51-45(50-39)30-10-4-5-11-30;1-5(2)6(8(10)11)4-7(9)12-3/h15-20,26,29-32,39,44-45,48H,7-14,21-25,27-28H2,1-6H3,(H,56,57)(H,58,64);14-19,24,27-30,37,42H,4-13,20-23,25-26H2,1-3H3,(H,50,51);5-6H,4H2,1-3H3,(H,10,11)/t39-,44-,45-,48-;37-,42-;6-/m000/s1. The van der Waals surface area contributed by atoms with Gasteiger partial charge in [0.2, 0.25) is 17.7 Å². The number of H-pyrrole nitrogens is 2. The summed E-state index contributed by atoms with van der Waals surface area (Å²) in [5, 5.41) is 11.4. The number of likely N-dealkylation sites (tertiary alicyclic amines) is 3. The van der Waals surface area contributed by atoms with Gasteiger partial charge in [0, 0.05) is 85.7 Å². The lowest BCUT2D eigenvalue weighted by atomic mass is 9.65. The largest absolute Gasteiger partial charge is 0.481 e. The number of hydrogen-bond acceptors (Lipinski definition) is 18. The normalized spacial score (nSPS) is 20.4. The van der Waals surface area contributed by atoms with Gasteiger partial charge in [-0.25, -0.2) is 14.8 Å². The van der Waals surface area contributed by atoms with Crippen molar-refractivity contribution in [2.24, 2.45) is 51.4 Å². The van der Waals surface area contributed by atoms with Gasteiger partial charge in [0.05, 0.1) is 117 Å². The number of benzene rings is 4. The number of pyridine rings is 2. The average molecular weight is 1810 g/mol. The number of allylic oxidation sites excluding steroid dienone is 2. The van der Waals surface area contributed by atoms with Crippen molar-refractivity contribution < 1.29 is 62.4 Å². The lowest BCUT2D eigenvalue weighted by Gasteiger charge is -2.39. The van der Waals surface area contributed by atoms with Crippen LogP contribution in [0.2, 0.25) is 0 Å². The molecule has 2 spiro atoms. The zero-order chi connectivity index (χ0) is 93.7. The van der Waals surface area contributed by atoms with Crippen LogP contribution >= 0.6 is 0 Å². The summed E-state index contributed by atoms with van der Waals surface area (Å²) < 4.78 is 19.1. The Labute approximate surface area is 781 Å². The number of aromatic amines is 2. The molecule has 0 unspecified atom stereocenters. The van der Waals surface area contributed by atoms with Crippen LogP contribution in [0.3, 0.4) is 0 Å². The van der Waals surface area contributed by atoms with Crippen LogP contribution in [0.15, 0.2) is 120 Å². The van der Waals surface area contributed by atoms with Gasteiger partial charge < -0.3 is 54.0 Å². The van der Waals surface area contributed by atoms with Crippen LogP contribution in [0, 0.1) is 41.4 Å². The number of hydrogen-bond donors (Lipinski definition) is 4. The molecule has 3 saturated carbocycles. The maximum absolute atomic E-state index is 13.9. The van der Waals surface area contributed by atoms with Gasteiger partial charge in [0.25, 0.3) is 0 Å². The van der Waals surface area contributed by atoms with Gasteiger partial charge in [-0.3, -0.25) is 53.5 Å². The molecule has 25 nitrogen and oxygen atoms in total. The fourth-order valence-corrected chi connectivity index (χ4v) is 23.6. The maximum atomic E-state index is 13.9. The smallest absolute Gasteiger partial charge is 0.407 e. The Bertz CT molecular complexity index is 5800. The minimum Gasteiger partial charge on any atom is -0.481 e. The van der Waals surface area contributed by atoms with E-state index in [0.29, 0.717) is 38.4 Å². The van der Waals surface area contributed by atoms with E-state index in [4.69, 9.17) is 49.2 Å². The Hall–Kier alpha value is -11.5. The first-order valence-corrected chi connectivity index (χ1v) is 49.2. The van der Waals surface area contributed by atoms with Gasteiger partial charge in [-0.05, 0) is 253 Å². The molecule has 3 saturated heterocycles. The number of aromatic nitrogens is 6. The number of amides is 4. The van der Waals surface area contributed by atoms with E-state index in [1.807, 2.05) is 81.0 Å². The predicted molar refractivity (Wildman–Crippen MR) is 517 cm³/mol. The van der Waals surface area contributed by atoms with Crippen molar-refractivity contribution in [3.63, 3.8) is 0 Å². The third-order valence-corrected chi connectivity index (χ3v) is 31.0. The molecule has 0 radical (unpaired) electrons. The van der Waals surface area contributed by atoms with Crippen LogP contribution in [-0.2, 0) is 76.2 Å². The summed E-state index contributed by atoms with van der Waals surface area (Å²) in [6.45, 7) is 17.3. The number of carboxylic acids is 1. The number of methoxy groups -OCH3 is 4. The van der Waals surface area contributed by atoms with Crippen molar-refractivity contribution >= 4 is 92.3 Å². The lowest BCUT2D eigenvalue weighted by molar-refractivity contribution is -0.151. The third kappa shape index (κ3) is 19.9. The number of aliphatic imine (C=N–C) groups is 2. The molecule has 133 heavy (non-hydrogen) atoms. The highest BCUT2D eigenvalue weighted by Crippen LogP contribution is 2.57. The monoisotopic (exact) mass is 1810 g/mol. The van der Waals surface area contributed by atoms with Gasteiger partial charge in [-0.15, -0.1) is 0 Å². The Morgan fingerprint density at radius 1 is 0.436 bits per heavy atom. The van der Waals surface area contributed by atoms with E-state index in [2.05, 4.69) is 105 Å². The van der Waals surface area contributed by atoms with Crippen molar-refractivity contribution in [3.8, 4) is 44.8 Å².